The van der Waals surface area contributed by atoms with Gasteiger partial charge >= 0.3 is 0 Å². The van der Waals surface area contributed by atoms with Gasteiger partial charge in [-0.15, -0.1) is 11.8 Å². The molecule has 1 aliphatic heterocycles. The number of para-hydroxylation sites is 1. The summed E-state index contributed by atoms with van der Waals surface area (Å²) in [5, 5.41) is 2.90. The Morgan fingerprint density at radius 3 is 2.75 bits per heavy atom. The SMILES string of the molecule is CCCCC(=O)Nc1cccc([C@H]2SCC(=O)N2c2ccccc2C(C)C)c1. The molecule has 1 aliphatic rings. The molecular weight excluding hydrogens is 368 g/mol. The highest BCUT2D eigenvalue weighted by Gasteiger charge is 2.35. The zero-order chi connectivity index (χ0) is 20.1. The summed E-state index contributed by atoms with van der Waals surface area (Å²) in [7, 11) is 0. The minimum Gasteiger partial charge on any atom is -0.326 e. The van der Waals surface area contributed by atoms with E-state index in [2.05, 4.69) is 32.2 Å². The fraction of sp³-hybridized carbons (Fsp3) is 0.391. The maximum absolute atomic E-state index is 12.7. The Hall–Kier alpha value is -2.27. The fourth-order valence-electron chi connectivity index (χ4n) is 3.46. The number of carbonyl (C=O) groups excluding carboxylic acids is 2. The normalized spacial score (nSPS) is 16.6. The van der Waals surface area contributed by atoms with Gasteiger partial charge in [0.05, 0.1) is 5.75 Å². The van der Waals surface area contributed by atoms with Crippen molar-refractivity contribution in [3.05, 3.63) is 59.7 Å². The summed E-state index contributed by atoms with van der Waals surface area (Å²) in [6.07, 6.45) is 2.42. The molecule has 1 heterocycles. The summed E-state index contributed by atoms with van der Waals surface area (Å²) in [4.78, 5) is 26.7. The number of unbranched alkanes of at least 4 members (excludes halogenated alkanes) is 1. The molecular formula is C23H28N2O2S. The zero-order valence-electron chi connectivity index (χ0n) is 16.8. The van der Waals surface area contributed by atoms with Gasteiger partial charge in [-0.2, -0.15) is 0 Å². The van der Waals surface area contributed by atoms with E-state index in [9.17, 15) is 9.59 Å². The Morgan fingerprint density at radius 2 is 2.00 bits per heavy atom. The van der Waals surface area contributed by atoms with Crippen LogP contribution in [0.4, 0.5) is 11.4 Å². The maximum atomic E-state index is 12.7. The number of hydrogen-bond donors (Lipinski definition) is 1. The second-order valence-electron chi connectivity index (χ2n) is 7.42. The molecule has 0 bridgehead atoms. The van der Waals surface area contributed by atoms with E-state index in [0.29, 0.717) is 18.1 Å². The molecule has 148 valence electrons. The average molecular weight is 397 g/mol. The van der Waals surface area contributed by atoms with Crippen molar-refractivity contribution in [3.63, 3.8) is 0 Å². The van der Waals surface area contributed by atoms with Gasteiger partial charge in [0.2, 0.25) is 11.8 Å². The number of nitrogens with zero attached hydrogens (tertiary/aromatic N) is 1. The highest BCUT2D eigenvalue weighted by molar-refractivity contribution is 8.00. The van der Waals surface area contributed by atoms with Crippen LogP contribution in [0.2, 0.25) is 0 Å². The third-order valence-corrected chi connectivity index (χ3v) is 6.11. The lowest BCUT2D eigenvalue weighted by Gasteiger charge is -2.28. The third kappa shape index (κ3) is 4.58. The third-order valence-electron chi connectivity index (χ3n) is 4.90. The van der Waals surface area contributed by atoms with Gasteiger partial charge in [-0.3, -0.25) is 14.5 Å². The Morgan fingerprint density at radius 1 is 1.21 bits per heavy atom. The molecule has 0 spiro atoms. The monoisotopic (exact) mass is 396 g/mol. The van der Waals surface area contributed by atoms with E-state index in [1.165, 1.54) is 5.56 Å². The number of nitrogens with one attached hydrogen (secondary N) is 1. The van der Waals surface area contributed by atoms with Crippen LogP contribution in [-0.2, 0) is 9.59 Å². The van der Waals surface area contributed by atoms with E-state index in [0.717, 1.165) is 29.8 Å². The van der Waals surface area contributed by atoms with Crippen LogP contribution in [-0.4, -0.2) is 17.6 Å². The summed E-state index contributed by atoms with van der Waals surface area (Å²) in [5.41, 5.74) is 3.97. The lowest BCUT2D eigenvalue weighted by molar-refractivity contribution is -0.117. The molecule has 3 rings (SSSR count). The minimum absolute atomic E-state index is 0.0381. The molecule has 2 aromatic rings. The predicted octanol–water partition coefficient (Wildman–Crippen LogP) is 5.72. The van der Waals surface area contributed by atoms with Crippen LogP contribution < -0.4 is 10.2 Å². The largest absolute Gasteiger partial charge is 0.326 e. The summed E-state index contributed by atoms with van der Waals surface area (Å²) in [6, 6.07) is 16.0. The van der Waals surface area contributed by atoms with E-state index in [1.807, 2.05) is 47.4 Å². The van der Waals surface area contributed by atoms with Crippen LogP contribution in [0.1, 0.15) is 62.5 Å². The van der Waals surface area contributed by atoms with Gasteiger partial charge < -0.3 is 5.32 Å². The topological polar surface area (TPSA) is 49.4 Å². The number of benzene rings is 2. The first-order valence-electron chi connectivity index (χ1n) is 9.93. The molecule has 1 fully saturated rings. The lowest BCUT2D eigenvalue weighted by atomic mass is 10.00. The van der Waals surface area contributed by atoms with Crippen LogP contribution in [0.25, 0.3) is 0 Å². The summed E-state index contributed by atoms with van der Waals surface area (Å²) in [5.74, 6) is 0.959. The minimum atomic E-state index is -0.0834. The maximum Gasteiger partial charge on any atom is 0.238 e. The van der Waals surface area contributed by atoms with Gasteiger partial charge in [-0.1, -0.05) is 57.5 Å². The number of amides is 2. The Labute approximate surface area is 171 Å². The molecule has 5 heteroatoms. The first-order chi connectivity index (χ1) is 13.5. The molecule has 1 N–H and O–H groups in total. The van der Waals surface area contributed by atoms with E-state index in [4.69, 9.17) is 0 Å². The van der Waals surface area contributed by atoms with Gasteiger partial charge in [-0.05, 0) is 41.7 Å². The number of anilines is 2. The summed E-state index contributed by atoms with van der Waals surface area (Å²) in [6.45, 7) is 6.37. The van der Waals surface area contributed by atoms with Crippen molar-refractivity contribution in [1.29, 1.82) is 0 Å². The average Bonchev–Trinajstić information content (AvgIpc) is 3.08. The van der Waals surface area contributed by atoms with E-state index >= 15 is 0 Å². The summed E-state index contributed by atoms with van der Waals surface area (Å²) >= 11 is 1.63. The molecule has 2 aromatic carbocycles. The number of hydrogen-bond acceptors (Lipinski definition) is 3. The van der Waals surface area contributed by atoms with Crippen molar-refractivity contribution >= 4 is 35.0 Å². The lowest BCUT2D eigenvalue weighted by Crippen LogP contribution is -2.29. The van der Waals surface area contributed by atoms with Gasteiger partial charge in [0.25, 0.3) is 0 Å². The van der Waals surface area contributed by atoms with Crippen molar-refractivity contribution in [2.45, 2.75) is 51.3 Å². The van der Waals surface area contributed by atoms with Crippen molar-refractivity contribution < 1.29 is 9.59 Å². The Balaban J connectivity index is 1.88. The van der Waals surface area contributed by atoms with Crippen LogP contribution in [0.5, 0.6) is 0 Å². The van der Waals surface area contributed by atoms with Crippen LogP contribution in [0.15, 0.2) is 48.5 Å². The summed E-state index contributed by atoms with van der Waals surface area (Å²) < 4.78 is 0. The van der Waals surface area contributed by atoms with E-state index in [-0.39, 0.29) is 17.2 Å². The highest BCUT2D eigenvalue weighted by atomic mass is 32.2. The predicted molar refractivity (Wildman–Crippen MR) is 118 cm³/mol. The quantitative estimate of drug-likeness (QED) is 0.651. The number of rotatable bonds is 7. The standard InChI is InChI=1S/C23H28N2O2S/c1-4-5-13-21(26)24-18-10-8-9-17(14-18)23-25(22(27)15-28-23)20-12-7-6-11-19(20)16(2)3/h6-12,14,16,23H,4-5,13,15H2,1-3H3,(H,24,26)/t23-/m1/s1. The van der Waals surface area contributed by atoms with E-state index in [1.54, 1.807) is 11.8 Å². The number of carbonyl (C=O) groups is 2. The second-order valence-corrected chi connectivity index (χ2v) is 8.49. The van der Waals surface area contributed by atoms with Crippen molar-refractivity contribution in [1.82, 2.24) is 0 Å². The number of thioether (sulfide) groups is 1. The van der Waals surface area contributed by atoms with E-state index < -0.39 is 0 Å². The molecule has 0 unspecified atom stereocenters. The molecule has 28 heavy (non-hydrogen) atoms. The Bertz CT molecular complexity index is 850. The molecule has 1 atom stereocenters. The zero-order valence-corrected chi connectivity index (χ0v) is 17.6. The molecule has 0 aliphatic carbocycles. The van der Waals surface area contributed by atoms with Gasteiger partial charge in [0, 0.05) is 17.8 Å². The van der Waals surface area contributed by atoms with Crippen LogP contribution in [0.3, 0.4) is 0 Å². The Kier molecular flexibility index (Phi) is 6.79. The van der Waals surface area contributed by atoms with Crippen LogP contribution in [0, 0.1) is 0 Å². The molecule has 2 amide bonds. The van der Waals surface area contributed by atoms with Gasteiger partial charge in [0.1, 0.15) is 5.37 Å². The second kappa shape index (κ2) is 9.28. The molecule has 0 aromatic heterocycles. The van der Waals surface area contributed by atoms with Gasteiger partial charge in [0.15, 0.2) is 0 Å². The van der Waals surface area contributed by atoms with Gasteiger partial charge in [-0.25, -0.2) is 0 Å². The van der Waals surface area contributed by atoms with Crippen molar-refractivity contribution in [3.8, 4) is 0 Å². The van der Waals surface area contributed by atoms with Crippen molar-refractivity contribution in [2.24, 2.45) is 0 Å². The smallest absolute Gasteiger partial charge is 0.238 e. The first-order valence-corrected chi connectivity index (χ1v) is 11.0. The highest BCUT2D eigenvalue weighted by Crippen LogP contribution is 2.44. The fourth-order valence-corrected chi connectivity index (χ4v) is 4.62. The molecule has 0 saturated carbocycles. The molecule has 4 nitrogen and oxygen atoms in total. The molecule has 1 saturated heterocycles. The molecule has 0 radical (unpaired) electrons. The van der Waals surface area contributed by atoms with Crippen LogP contribution >= 0.6 is 11.8 Å². The first kappa shape index (κ1) is 20.5. The van der Waals surface area contributed by atoms with Crippen molar-refractivity contribution in [2.75, 3.05) is 16.0 Å².